The highest BCUT2D eigenvalue weighted by atomic mass is 35.5. The minimum absolute atomic E-state index is 0. The Labute approximate surface area is 170 Å². The number of likely N-dealkylation sites (tertiary alicyclic amines) is 2. The van der Waals surface area contributed by atoms with Crippen LogP contribution in [0, 0.1) is 5.92 Å². The topological polar surface area (TPSA) is 35.6 Å². The highest BCUT2D eigenvalue weighted by Crippen LogP contribution is 2.21. The molecule has 2 atom stereocenters. The fourth-order valence-electron chi connectivity index (χ4n) is 4.22. The molecule has 3 saturated heterocycles. The minimum Gasteiger partial charge on any atom is -0.342 e. The molecule has 2 unspecified atom stereocenters. The van der Waals surface area contributed by atoms with Crippen LogP contribution >= 0.6 is 36.6 Å². The highest BCUT2D eigenvalue weighted by molar-refractivity contribution is 7.99. The van der Waals surface area contributed by atoms with Crippen LogP contribution < -0.4 is 5.32 Å². The van der Waals surface area contributed by atoms with Gasteiger partial charge in [-0.3, -0.25) is 4.79 Å². The van der Waals surface area contributed by atoms with E-state index < -0.39 is 0 Å². The van der Waals surface area contributed by atoms with E-state index in [0.29, 0.717) is 24.3 Å². The molecule has 0 bridgehead atoms. The maximum Gasteiger partial charge on any atom is 0.224 e. The van der Waals surface area contributed by atoms with Gasteiger partial charge in [-0.25, -0.2) is 0 Å². The maximum absolute atomic E-state index is 12.6. The van der Waals surface area contributed by atoms with Crippen molar-refractivity contribution < 1.29 is 4.79 Å². The monoisotopic (exact) mass is 411 g/mol. The van der Waals surface area contributed by atoms with Crippen LogP contribution in [0.25, 0.3) is 0 Å². The van der Waals surface area contributed by atoms with Crippen LogP contribution in [0.3, 0.4) is 0 Å². The van der Waals surface area contributed by atoms with E-state index in [2.05, 4.69) is 15.1 Å². The molecule has 0 aliphatic carbocycles. The van der Waals surface area contributed by atoms with E-state index in [-0.39, 0.29) is 24.8 Å². The lowest BCUT2D eigenvalue weighted by atomic mass is 9.96. The molecule has 1 amide bonds. The lowest BCUT2D eigenvalue weighted by molar-refractivity contribution is -0.133. The molecule has 3 heterocycles. The van der Waals surface area contributed by atoms with Crippen molar-refractivity contribution in [2.45, 2.75) is 51.0 Å². The third kappa shape index (κ3) is 7.84. The van der Waals surface area contributed by atoms with Gasteiger partial charge < -0.3 is 15.1 Å². The van der Waals surface area contributed by atoms with Crippen LogP contribution in [0.1, 0.15) is 44.9 Å². The lowest BCUT2D eigenvalue weighted by Crippen LogP contribution is -2.47. The molecular weight excluding hydrogens is 377 g/mol. The molecule has 3 rings (SSSR count). The first-order valence-electron chi connectivity index (χ1n) is 9.62. The number of amides is 1. The molecule has 3 fully saturated rings. The molecule has 3 aliphatic rings. The summed E-state index contributed by atoms with van der Waals surface area (Å²) in [7, 11) is 0. The average Bonchev–Trinajstić information content (AvgIpc) is 2.85. The predicted molar refractivity (Wildman–Crippen MR) is 112 cm³/mol. The third-order valence-corrected chi connectivity index (χ3v) is 6.64. The Balaban J connectivity index is 0.00000156. The summed E-state index contributed by atoms with van der Waals surface area (Å²) in [5, 5.41) is 3.50. The Morgan fingerprint density at radius 3 is 2.48 bits per heavy atom. The van der Waals surface area contributed by atoms with Gasteiger partial charge >= 0.3 is 0 Å². The van der Waals surface area contributed by atoms with Crippen molar-refractivity contribution in [1.82, 2.24) is 15.1 Å². The van der Waals surface area contributed by atoms with Crippen molar-refractivity contribution in [3.8, 4) is 0 Å². The number of hydrogen-bond donors (Lipinski definition) is 1. The molecule has 4 nitrogen and oxygen atoms in total. The standard InChI is InChI=1S/C18H33N3OS.2ClH/c22-18(12-17-15-23-11-7-19-17)21-10-5-6-16(14-21)13-20-8-3-1-2-4-9-20;;/h16-17,19H,1-15H2;2*1H. The van der Waals surface area contributed by atoms with E-state index in [1.54, 1.807) is 0 Å². The first-order chi connectivity index (χ1) is 11.3. The second-order valence-corrected chi connectivity index (χ2v) is 8.64. The van der Waals surface area contributed by atoms with Gasteiger partial charge in [-0.15, -0.1) is 24.8 Å². The molecule has 0 saturated carbocycles. The summed E-state index contributed by atoms with van der Waals surface area (Å²) in [5.41, 5.74) is 0. The van der Waals surface area contributed by atoms with E-state index in [1.807, 2.05) is 11.8 Å². The van der Waals surface area contributed by atoms with E-state index in [9.17, 15) is 4.79 Å². The third-order valence-electron chi connectivity index (χ3n) is 5.51. The number of rotatable bonds is 4. The zero-order valence-electron chi connectivity index (χ0n) is 15.3. The number of piperidine rings is 1. The van der Waals surface area contributed by atoms with Crippen molar-refractivity contribution >= 4 is 42.5 Å². The summed E-state index contributed by atoms with van der Waals surface area (Å²) in [6, 6.07) is 0.396. The van der Waals surface area contributed by atoms with Gasteiger partial charge in [0.1, 0.15) is 0 Å². The number of carbonyl (C=O) groups excluding carboxylic acids is 1. The molecular formula is C18H35Cl2N3OS. The van der Waals surface area contributed by atoms with Gasteiger partial charge in [0, 0.05) is 50.1 Å². The first-order valence-corrected chi connectivity index (χ1v) is 10.8. The number of hydrogen-bond acceptors (Lipinski definition) is 4. The Morgan fingerprint density at radius 2 is 1.80 bits per heavy atom. The Bertz CT molecular complexity index is 375. The van der Waals surface area contributed by atoms with Crippen LogP contribution in [0.4, 0.5) is 0 Å². The zero-order chi connectivity index (χ0) is 15.9. The number of carbonyl (C=O) groups is 1. The Hall–Kier alpha value is 0.320. The van der Waals surface area contributed by atoms with Gasteiger partial charge in [-0.1, -0.05) is 12.8 Å². The summed E-state index contributed by atoms with van der Waals surface area (Å²) in [4.78, 5) is 17.4. The molecule has 0 aromatic carbocycles. The molecule has 1 N–H and O–H groups in total. The minimum atomic E-state index is 0. The van der Waals surface area contributed by atoms with Gasteiger partial charge in [0.15, 0.2) is 0 Å². The van der Waals surface area contributed by atoms with Gasteiger partial charge in [-0.2, -0.15) is 11.8 Å². The summed E-state index contributed by atoms with van der Waals surface area (Å²) in [6.07, 6.45) is 8.72. The Morgan fingerprint density at radius 1 is 1.04 bits per heavy atom. The van der Waals surface area contributed by atoms with Crippen LogP contribution in [0.15, 0.2) is 0 Å². The number of halogens is 2. The smallest absolute Gasteiger partial charge is 0.224 e. The maximum atomic E-state index is 12.6. The summed E-state index contributed by atoms with van der Waals surface area (Å²) in [5.74, 6) is 3.35. The number of thioether (sulfide) groups is 1. The quantitative estimate of drug-likeness (QED) is 0.770. The van der Waals surface area contributed by atoms with Crippen LogP contribution in [-0.2, 0) is 4.79 Å². The SMILES string of the molecule is Cl.Cl.O=C(CC1CSCCN1)N1CCCC(CN2CCCCCC2)C1. The van der Waals surface area contributed by atoms with Crippen LogP contribution in [0.2, 0.25) is 0 Å². The molecule has 0 aromatic rings. The van der Waals surface area contributed by atoms with Gasteiger partial charge in [0.2, 0.25) is 5.91 Å². The molecule has 148 valence electrons. The second-order valence-electron chi connectivity index (χ2n) is 7.49. The molecule has 3 aliphatic heterocycles. The molecule has 0 radical (unpaired) electrons. The van der Waals surface area contributed by atoms with Crippen molar-refractivity contribution in [2.75, 3.05) is 50.8 Å². The second kappa shape index (κ2) is 12.7. The van der Waals surface area contributed by atoms with E-state index in [4.69, 9.17) is 0 Å². The molecule has 0 spiro atoms. The van der Waals surface area contributed by atoms with Crippen molar-refractivity contribution in [2.24, 2.45) is 5.92 Å². The fourth-order valence-corrected chi connectivity index (χ4v) is 5.16. The fraction of sp³-hybridized carbons (Fsp3) is 0.944. The van der Waals surface area contributed by atoms with Gasteiger partial charge in [0.05, 0.1) is 0 Å². The zero-order valence-corrected chi connectivity index (χ0v) is 17.7. The normalized spacial score (nSPS) is 28.4. The predicted octanol–water partition coefficient (Wildman–Crippen LogP) is 3.04. The average molecular weight is 412 g/mol. The summed E-state index contributed by atoms with van der Waals surface area (Å²) >= 11 is 1.98. The van der Waals surface area contributed by atoms with E-state index >= 15 is 0 Å². The van der Waals surface area contributed by atoms with Gasteiger partial charge in [-0.05, 0) is 44.7 Å². The molecule has 0 aromatic heterocycles. The molecule has 25 heavy (non-hydrogen) atoms. The van der Waals surface area contributed by atoms with E-state index in [0.717, 1.165) is 25.4 Å². The van der Waals surface area contributed by atoms with Crippen LogP contribution in [-0.4, -0.2) is 72.5 Å². The number of nitrogens with zero attached hydrogens (tertiary/aromatic N) is 2. The number of nitrogens with one attached hydrogen (secondary N) is 1. The molecule has 7 heteroatoms. The van der Waals surface area contributed by atoms with Crippen LogP contribution in [0.5, 0.6) is 0 Å². The highest BCUT2D eigenvalue weighted by Gasteiger charge is 2.27. The van der Waals surface area contributed by atoms with Crippen molar-refractivity contribution in [3.05, 3.63) is 0 Å². The van der Waals surface area contributed by atoms with Crippen molar-refractivity contribution in [1.29, 1.82) is 0 Å². The lowest BCUT2D eigenvalue weighted by Gasteiger charge is -2.36. The first kappa shape index (κ1) is 23.4. The van der Waals surface area contributed by atoms with E-state index in [1.165, 1.54) is 63.9 Å². The van der Waals surface area contributed by atoms with Crippen molar-refractivity contribution in [3.63, 3.8) is 0 Å². The summed E-state index contributed by atoms with van der Waals surface area (Å²) in [6.45, 7) is 6.78. The largest absolute Gasteiger partial charge is 0.342 e. The Kier molecular flexibility index (Phi) is 11.8. The summed E-state index contributed by atoms with van der Waals surface area (Å²) < 4.78 is 0. The van der Waals surface area contributed by atoms with Gasteiger partial charge in [0.25, 0.3) is 0 Å².